The van der Waals surface area contributed by atoms with Gasteiger partial charge in [-0.25, -0.2) is 0 Å². The summed E-state index contributed by atoms with van der Waals surface area (Å²) in [5.41, 5.74) is 0. The van der Waals surface area contributed by atoms with Crippen LogP contribution in [0.1, 0.15) is 129 Å². The second-order valence-electron chi connectivity index (χ2n) is 16.5. The molecule has 14 nitrogen and oxygen atoms in total. The number of nitrogens with one attached hydrogen (secondary N) is 1. The van der Waals surface area contributed by atoms with Gasteiger partial charge in [0.1, 0.15) is 48.8 Å². The van der Waals surface area contributed by atoms with E-state index in [9.17, 15) is 45.6 Å². The number of carbonyl (C=O) groups is 1. The average molecular weight is 906 g/mol. The number of carbonyl (C=O) groups excluding carboxylic acids is 1. The molecule has 0 spiro atoms. The van der Waals surface area contributed by atoms with Crippen LogP contribution in [0, 0.1) is 0 Å². The Kier molecular flexibility index (Phi) is 32.5. The van der Waals surface area contributed by atoms with Crippen LogP contribution < -0.4 is 5.32 Å². The molecule has 0 aliphatic carbocycles. The van der Waals surface area contributed by atoms with Crippen molar-refractivity contribution in [3.05, 3.63) is 85.1 Å². The first-order valence-electron chi connectivity index (χ1n) is 23.8. The third-order valence-corrected chi connectivity index (χ3v) is 11.1. The molecule has 2 aliphatic heterocycles. The van der Waals surface area contributed by atoms with Crippen molar-refractivity contribution in [1.82, 2.24) is 5.32 Å². The molecule has 0 bridgehead atoms. The largest absolute Gasteiger partial charge is 0.394 e. The number of aliphatic hydroxyl groups excluding tert-OH is 8. The van der Waals surface area contributed by atoms with Crippen molar-refractivity contribution in [2.75, 3.05) is 19.8 Å². The van der Waals surface area contributed by atoms with Gasteiger partial charge in [-0.05, 0) is 70.6 Å². The van der Waals surface area contributed by atoms with E-state index in [1.165, 1.54) is 44.9 Å². The zero-order chi connectivity index (χ0) is 46.8. The highest BCUT2D eigenvalue weighted by molar-refractivity contribution is 5.76. The quantitative estimate of drug-likeness (QED) is 0.0291. The van der Waals surface area contributed by atoms with Crippen LogP contribution in [-0.2, 0) is 23.7 Å². The minimum absolute atomic E-state index is 0.144. The number of aliphatic hydroxyl groups is 8. The summed E-state index contributed by atoms with van der Waals surface area (Å²) >= 11 is 0. The molecule has 9 N–H and O–H groups in total. The molecule has 0 aromatic heterocycles. The summed E-state index contributed by atoms with van der Waals surface area (Å²) in [6.07, 6.45) is 29.3. The summed E-state index contributed by atoms with van der Waals surface area (Å²) in [4.78, 5) is 13.1. The minimum atomic E-state index is -1.80. The molecule has 0 aromatic rings. The molecule has 2 heterocycles. The summed E-state index contributed by atoms with van der Waals surface area (Å²) in [7, 11) is 0. The fourth-order valence-electron chi connectivity index (χ4n) is 7.15. The highest BCUT2D eigenvalue weighted by Crippen LogP contribution is 2.30. The van der Waals surface area contributed by atoms with E-state index in [1.807, 2.05) is 18.2 Å². The number of unbranched alkanes of at least 4 members (excludes halogenated alkanes) is 9. The zero-order valence-corrected chi connectivity index (χ0v) is 38.5. The number of hydrogen-bond donors (Lipinski definition) is 9. The van der Waals surface area contributed by atoms with Crippen LogP contribution in [0.15, 0.2) is 85.1 Å². The normalized spacial score (nSPS) is 28.0. The topological polar surface area (TPSA) is 228 Å². The lowest BCUT2D eigenvalue weighted by atomic mass is 9.97. The molecule has 2 rings (SSSR count). The molecule has 0 radical (unpaired) electrons. The SMILES string of the molecule is CC/C=C\C/C=C\C/C=C\C/C=C\CCC(=O)NC(COC1OC(CO)C(OC2OC(CO)C(O)C(O)C2O)C(O)C1O)C(O)/C=C/CC/C=C/CC/C=C/CCCCCCCCC. The maximum absolute atomic E-state index is 13.1. The van der Waals surface area contributed by atoms with E-state index >= 15 is 0 Å². The lowest BCUT2D eigenvalue weighted by Crippen LogP contribution is -2.65. The molecule has 2 fully saturated rings. The second kappa shape index (κ2) is 36.3. The molecule has 366 valence electrons. The van der Waals surface area contributed by atoms with Crippen molar-refractivity contribution in [2.24, 2.45) is 0 Å². The molecular weight excluding hydrogens is 823 g/mol. The predicted octanol–water partition coefficient (Wildman–Crippen LogP) is 5.43. The van der Waals surface area contributed by atoms with Gasteiger partial charge in [-0.2, -0.15) is 0 Å². The van der Waals surface area contributed by atoms with Crippen LogP contribution in [0.4, 0.5) is 0 Å². The molecule has 0 saturated carbocycles. The monoisotopic (exact) mass is 906 g/mol. The Hall–Kier alpha value is -2.83. The van der Waals surface area contributed by atoms with Crippen molar-refractivity contribution in [2.45, 2.75) is 203 Å². The molecule has 12 unspecified atom stereocenters. The molecule has 2 saturated heterocycles. The third-order valence-electron chi connectivity index (χ3n) is 11.1. The first-order chi connectivity index (χ1) is 31.1. The first kappa shape index (κ1) is 57.3. The van der Waals surface area contributed by atoms with Crippen molar-refractivity contribution in [3.63, 3.8) is 0 Å². The van der Waals surface area contributed by atoms with Crippen molar-refractivity contribution < 1.29 is 64.6 Å². The van der Waals surface area contributed by atoms with Crippen molar-refractivity contribution in [3.8, 4) is 0 Å². The Bertz CT molecular complexity index is 1400. The minimum Gasteiger partial charge on any atom is -0.394 e. The van der Waals surface area contributed by atoms with Crippen molar-refractivity contribution >= 4 is 5.91 Å². The standard InChI is InChI=1S/C50H83NO13/c1-3-5-7-9-11-13-15-17-18-19-20-22-23-25-27-29-31-33-39(54)38(51-42(55)34-32-30-28-26-24-21-16-14-12-10-8-6-4-2)37-61-49-47(60)45(58)48(41(36-53)63-49)64-50-46(59)44(57)43(56)40(35-52)62-50/h6,8,12,14,18-19,21,23-25,28,30-31,33,38-41,43-50,52-54,56-60H,3-5,7,9-11,13,15-17,20,22,26-27,29,32,34-37H2,1-2H3,(H,51,55)/b8-6-,14-12-,19-18+,24-21-,25-23+,30-28-,33-31+. The van der Waals surface area contributed by atoms with E-state index in [1.54, 1.807) is 6.08 Å². The number of hydrogen-bond acceptors (Lipinski definition) is 13. The van der Waals surface area contributed by atoms with E-state index in [0.717, 1.165) is 51.4 Å². The van der Waals surface area contributed by atoms with E-state index in [2.05, 4.69) is 79.9 Å². The Balaban J connectivity index is 1.94. The smallest absolute Gasteiger partial charge is 0.220 e. The number of allylic oxidation sites excluding steroid dienone is 13. The van der Waals surface area contributed by atoms with Gasteiger partial charge in [0.2, 0.25) is 5.91 Å². The van der Waals surface area contributed by atoms with Crippen molar-refractivity contribution in [1.29, 1.82) is 0 Å². The van der Waals surface area contributed by atoms with Crippen LogP contribution >= 0.6 is 0 Å². The summed E-state index contributed by atoms with van der Waals surface area (Å²) in [5, 5.41) is 86.5. The highest BCUT2D eigenvalue weighted by Gasteiger charge is 2.50. The van der Waals surface area contributed by atoms with Crippen LogP contribution in [0.2, 0.25) is 0 Å². The fourth-order valence-corrected chi connectivity index (χ4v) is 7.15. The molecule has 2 aliphatic rings. The Morgan fingerprint density at radius 1 is 0.578 bits per heavy atom. The van der Waals surface area contributed by atoms with E-state index in [4.69, 9.17) is 18.9 Å². The maximum Gasteiger partial charge on any atom is 0.220 e. The molecular formula is C50H83NO13. The molecule has 12 atom stereocenters. The summed E-state index contributed by atoms with van der Waals surface area (Å²) < 4.78 is 22.6. The number of amides is 1. The second-order valence-corrected chi connectivity index (χ2v) is 16.5. The van der Waals surface area contributed by atoms with Gasteiger partial charge in [0.25, 0.3) is 0 Å². The highest BCUT2D eigenvalue weighted by atomic mass is 16.7. The fraction of sp³-hybridized carbons (Fsp3) is 0.700. The molecule has 0 aromatic carbocycles. The zero-order valence-electron chi connectivity index (χ0n) is 38.5. The molecule has 64 heavy (non-hydrogen) atoms. The van der Waals surface area contributed by atoms with E-state index < -0.39 is 86.8 Å². The van der Waals surface area contributed by atoms with Crippen LogP contribution in [0.3, 0.4) is 0 Å². The predicted molar refractivity (Wildman–Crippen MR) is 249 cm³/mol. The number of ether oxygens (including phenoxy) is 4. The lowest BCUT2D eigenvalue weighted by molar-refractivity contribution is -0.359. The van der Waals surface area contributed by atoms with E-state index in [-0.39, 0.29) is 18.9 Å². The Labute approximate surface area is 382 Å². The van der Waals surface area contributed by atoms with E-state index in [0.29, 0.717) is 12.8 Å². The summed E-state index contributed by atoms with van der Waals surface area (Å²) in [5.74, 6) is -0.339. The average Bonchev–Trinajstić information content (AvgIpc) is 3.29. The molecule has 14 heteroatoms. The van der Waals surface area contributed by atoms with Gasteiger partial charge in [-0.3, -0.25) is 4.79 Å². The van der Waals surface area contributed by atoms with Gasteiger partial charge in [0.05, 0.1) is 32.0 Å². The first-order valence-corrected chi connectivity index (χ1v) is 23.8. The van der Waals surface area contributed by atoms with Gasteiger partial charge in [-0.1, -0.05) is 137 Å². The third kappa shape index (κ3) is 23.6. The van der Waals surface area contributed by atoms with Crippen LogP contribution in [0.5, 0.6) is 0 Å². The van der Waals surface area contributed by atoms with Crippen LogP contribution in [0.25, 0.3) is 0 Å². The van der Waals surface area contributed by atoms with Gasteiger partial charge in [0, 0.05) is 6.42 Å². The van der Waals surface area contributed by atoms with Gasteiger partial charge < -0.3 is 65.1 Å². The maximum atomic E-state index is 13.1. The van der Waals surface area contributed by atoms with Crippen LogP contribution in [-0.4, -0.2) is 140 Å². The van der Waals surface area contributed by atoms with Gasteiger partial charge in [-0.15, -0.1) is 0 Å². The van der Waals surface area contributed by atoms with Gasteiger partial charge >= 0.3 is 0 Å². The van der Waals surface area contributed by atoms with Gasteiger partial charge in [0.15, 0.2) is 12.6 Å². The molecule has 1 amide bonds. The Morgan fingerprint density at radius 3 is 1.70 bits per heavy atom. The lowest BCUT2D eigenvalue weighted by Gasteiger charge is -2.46. The summed E-state index contributed by atoms with van der Waals surface area (Å²) in [6.45, 7) is 2.55. The Morgan fingerprint density at radius 2 is 1.09 bits per heavy atom. The number of rotatable bonds is 34. The summed E-state index contributed by atoms with van der Waals surface area (Å²) in [6, 6.07) is -0.979.